The molecule has 18 aromatic rings. The average molecular weight is 2090 g/mol. The summed E-state index contributed by atoms with van der Waals surface area (Å²) in [6.07, 6.45) is 5.45. The van der Waals surface area contributed by atoms with Crippen molar-refractivity contribution in [3.05, 3.63) is 461 Å². The van der Waals surface area contributed by atoms with Crippen LogP contribution in [0.1, 0.15) is 71.5 Å². The van der Waals surface area contributed by atoms with Gasteiger partial charge in [0.1, 0.15) is 121 Å². The fraction of sp³-hybridized carbons (Fsp3) is 0.0820. The van der Waals surface area contributed by atoms with Gasteiger partial charge in [0, 0.05) is 102 Å². The number of hydrogen-bond acceptors (Lipinski definition) is 19. The van der Waals surface area contributed by atoms with Crippen molar-refractivity contribution in [2.75, 3.05) is 53.4 Å². The fourth-order valence-corrected chi connectivity index (χ4v) is 18.4. The number of Topliss-reactive ketones (excluding diaryl/α,β-unsaturated/α-hetero) is 1. The highest BCUT2D eigenvalue weighted by atomic mass is 35.5. The molecule has 0 saturated carbocycles. The Balaban J connectivity index is 0.000000112. The molecule has 18 nitrogen and oxygen atoms in total. The largest absolute Gasteiger partial charge is 0.485 e. The van der Waals surface area contributed by atoms with E-state index in [2.05, 4.69) is 127 Å². The maximum atomic E-state index is 13.1. The number of nitrogens with zero attached hydrogens (tertiary/aromatic N) is 8. The van der Waals surface area contributed by atoms with Crippen molar-refractivity contribution in [1.29, 1.82) is 0 Å². The Morgan fingerprint density at radius 1 is 0.351 bits per heavy atom. The number of rotatable bonds is 13. The highest BCUT2D eigenvalue weighted by molar-refractivity contribution is 7.12. The molecule has 0 saturated heterocycles. The van der Waals surface area contributed by atoms with E-state index >= 15 is 0 Å². The minimum Gasteiger partial charge on any atom is -0.485 e. The van der Waals surface area contributed by atoms with Crippen molar-refractivity contribution in [1.82, 2.24) is 9.97 Å². The standard InChI is InChI=1S/C23H15ClN2O.C23H18ClNO3.C20H13Cl2NO.C20H14ClNO2S.C19H13ClN2O.C17H12FNO2/c24-17-9-10-21-23(13-17)27-14-22(26-21)16-7-5-15(6-8-16)18-11-12-25-20-4-2-1-3-19(18)20;1-14-3-4-17(23(26)27-2)11-19(14)15-5-7-16(8-6-15)21-13-28-22-12-18(24)9-10-20(22)25-21;21-16-7-5-14(6-8-16)13-1-3-15(4-2-13)19-12-24-20-11-17(22)9-10-18(20)23-19;1-12(23)20-16(8-9-25-20)13-2-4-14(5-3-13)18-11-24-19-10-15(21)6-7-17(19)22-18;20-16-5-6-17-19(11-16)23-12-18(22-17)15-3-1-13(2-4-15)14-7-9-21-10-8-14;18-14-7-8-15-17(10-14)21-11-16(19-15)13-5-3-12(4-6-13)2-1-9-20/h1-13H,14H2;3-12H,13H2,1-2H3;1-11H,12H2;2-10H,11H2,1H3;1-11H,12H2;3-8,10,20H,9,11H2. The third-order valence-electron chi connectivity index (χ3n) is 24.3. The number of aromatic nitrogens is 2. The number of aliphatic imine (C=N–C) groups is 6. The summed E-state index contributed by atoms with van der Waals surface area (Å²) in [6, 6.07) is 110. The summed E-state index contributed by atoms with van der Waals surface area (Å²) in [5, 5.41) is 15.7. The number of benzene rings is 15. The first-order valence-electron chi connectivity index (χ1n) is 46.7. The summed E-state index contributed by atoms with van der Waals surface area (Å²) < 4.78 is 52.4. The molecule has 26 heteroatoms. The van der Waals surface area contributed by atoms with Crippen molar-refractivity contribution in [2.24, 2.45) is 30.0 Å². The molecule has 15 aromatic carbocycles. The lowest BCUT2D eigenvalue weighted by Gasteiger charge is -2.17. The summed E-state index contributed by atoms with van der Waals surface area (Å²) in [7, 11) is 1.38. The predicted molar refractivity (Wildman–Crippen MR) is 596 cm³/mol. The summed E-state index contributed by atoms with van der Waals surface area (Å²) in [5.41, 5.74) is 30.3. The smallest absolute Gasteiger partial charge is 0.337 e. The lowest BCUT2D eigenvalue weighted by molar-refractivity contribution is 0.0600. The first-order valence-corrected chi connectivity index (χ1v) is 49.8. The first kappa shape index (κ1) is 100. The van der Waals surface area contributed by atoms with Crippen LogP contribution >= 0.6 is 80.9 Å². The summed E-state index contributed by atoms with van der Waals surface area (Å²) in [4.78, 5) is 60.8. The van der Waals surface area contributed by atoms with Gasteiger partial charge in [-0.1, -0.05) is 251 Å². The van der Waals surface area contributed by atoms with E-state index in [9.17, 15) is 14.0 Å². The molecular formula is C122H85Cl6FN8O10S. The van der Waals surface area contributed by atoms with Crippen molar-refractivity contribution in [3.8, 4) is 102 Å². The number of thiophene rings is 1. The minimum absolute atomic E-state index is 0.0920. The molecule has 728 valence electrons. The van der Waals surface area contributed by atoms with E-state index in [0.717, 1.165) is 195 Å². The number of aliphatic hydroxyl groups is 1. The Bertz CT molecular complexity index is 8310. The summed E-state index contributed by atoms with van der Waals surface area (Å²) in [6.45, 7) is 5.88. The number of aryl methyl sites for hydroxylation is 1. The topological polar surface area (TPSA) is 219 Å². The highest BCUT2D eigenvalue weighted by Gasteiger charge is 2.25. The number of ether oxygens (including phenoxy) is 7. The van der Waals surface area contributed by atoms with Gasteiger partial charge < -0.3 is 38.3 Å². The first-order chi connectivity index (χ1) is 72.2. The predicted octanol–water partition coefficient (Wildman–Crippen LogP) is 31.2. The number of pyridine rings is 2. The maximum Gasteiger partial charge on any atom is 0.337 e. The molecule has 3 aromatic heterocycles. The number of esters is 1. The van der Waals surface area contributed by atoms with Crippen LogP contribution in [0.15, 0.2) is 400 Å². The van der Waals surface area contributed by atoms with Crippen LogP contribution in [0.2, 0.25) is 30.1 Å². The van der Waals surface area contributed by atoms with Gasteiger partial charge in [-0.3, -0.25) is 14.8 Å². The van der Waals surface area contributed by atoms with E-state index < -0.39 is 0 Å². The summed E-state index contributed by atoms with van der Waals surface area (Å²) >= 11 is 37.4. The van der Waals surface area contributed by atoms with Gasteiger partial charge in [0.2, 0.25) is 0 Å². The SMILES string of the molecule is CC(=O)c1sccc1-c1ccc(C2=Nc3ccc(Cl)cc3OC2)cc1.COC(=O)c1ccc(C)c(-c2ccc(C3=Nc4ccc(Cl)cc4OC3)cc2)c1.Clc1ccc(-c2ccc(C3=Nc4ccc(Cl)cc4OC3)cc2)cc1.Clc1ccc2c(c1)OCC(c1ccc(-c3ccnc4ccccc34)cc1)=N2.Clc1ccc2c(c1)OCC(c1ccc(-c3ccncc3)cc1)=N2.OCC#Cc1ccc(C2=Nc3ccc(F)cc3OC2)cc1. The van der Waals surface area contributed by atoms with Gasteiger partial charge in [0.25, 0.3) is 0 Å². The van der Waals surface area contributed by atoms with Gasteiger partial charge >= 0.3 is 5.97 Å². The van der Waals surface area contributed by atoms with E-state index in [0.29, 0.717) is 93.3 Å². The lowest BCUT2D eigenvalue weighted by Crippen LogP contribution is -2.16. The van der Waals surface area contributed by atoms with Gasteiger partial charge in [-0.2, -0.15) is 0 Å². The molecule has 0 aliphatic carbocycles. The molecule has 0 unspecified atom stereocenters. The van der Waals surface area contributed by atoms with Crippen LogP contribution in [0.3, 0.4) is 0 Å². The van der Waals surface area contributed by atoms with Gasteiger partial charge in [0.05, 0.1) is 57.3 Å². The number of carbonyl (C=O) groups is 2. The van der Waals surface area contributed by atoms with Crippen LogP contribution < -0.4 is 28.4 Å². The van der Waals surface area contributed by atoms with Crippen LogP contribution in [0.5, 0.6) is 34.5 Å². The molecule has 0 radical (unpaired) electrons. The molecule has 0 fully saturated rings. The molecule has 24 rings (SSSR count). The van der Waals surface area contributed by atoms with Crippen LogP contribution in [0.4, 0.5) is 38.5 Å². The number of aliphatic hydroxyl groups excluding tert-OH is 1. The molecule has 0 amide bonds. The Morgan fingerprint density at radius 3 is 1.07 bits per heavy atom. The van der Waals surface area contributed by atoms with Crippen LogP contribution in [0.25, 0.3) is 66.5 Å². The molecule has 0 atom stereocenters. The van der Waals surface area contributed by atoms with E-state index in [4.69, 9.17) is 118 Å². The molecule has 0 spiro atoms. The number of fused-ring (bicyclic) bond motifs is 7. The van der Waals surface area contributed by atoms with Crippen molar-refractivity contribution < 1.29 is 52.2 Å². The number of carbonyl (C=O) groups excluding carboxylic acids is 2. The number of hydrogen-bond donors (Lipinski definition) is 1. The second-order valence-electron chi connectivity index (χ2n) is 34.0. The molecular weight excluding hydrogens is 2000 g/mol. The minimum atomic E-state index is -0.342. The van der Waals surface area contributed by atoms with Crippen LogP contribution in [0, 0.1) is 24.6 Å². The highest BCUT2D eigenvalue weighted by Crippen LogP contribution is 2.43. The molecule has 1 N–H and O–H groups in total. The normalized spacial score (nSPS) is 12.9. The Labute approximate surface area is 887 Å². The van der Waals surface area contributed by atoms with Crippen LogP contribution in [-0.4, -0.2) is 114 Å². The zero-order valence-corrected chi connectivity index (χ0v) is 84.8. The number of halogens is 7. The molecule has 0 bridgehead atoms. The van der Waals surface area contributed by atoms with E-state index in [1.54, 1.807) is 73.9 Å². The average Bonchev–Trinajstić information content (AvgIpc) is 1.14. The lowest BCUT2D eigenvalue weighted by atomic mass is 9.96. The molecule has 9 heterocycles. The number of methoxy groups -OCH3 is 1. The van der Waals surface area contributed by atoms with Gasteiger partial charge in [-0.15, -0.1) is 11.3 Å². The van der Waals surface area contributed by atoms with E-state index in [-0.39, 0.29) is 24.2 Å². The maximum absolute atomic E-state index is 13.1. The third kappa shape index (κ3) is 24.6. The Morgan fingerprint density at radius 2 is 0.682 bits per heavy atom. The van der Waals surface area contributed by atoms with Crippen molar-refractivity contribution in [2.45, 2.75) is 13.8 Å². The van der Waals surface area contributed by atoms with E-state index in [1.807, 2.05) is 213 Å². The Kier molecular flexibility index (Phi) is 31.8. The number of ketones is 1. The second kappa shape index (κ2) is 46.8. The second-order valence-corrected chi connectivity index (χ2v) is 37.6. The Hall–Kier alpha value is -16.3. The fourth-order valence-electron chi connectivity index (χ4n) is 16.7. The zero-order chi connectivity index (χ0) is 102. The van der Waals surface area contributed by atoms with Crippen molar-refractivity contribution >= 4 is 172 Å². The third-order valence-corrected chi connectivity index (χ3v) is 26.7. The summed E-state index contributed by atoms with van der Waals surface area (Å²) in [5.74, 6) is 8.90. The number of para-hydroxylation sites is 1. The van der Waals surface area contributed by atoms with Gasteiger partial charge in [0.15, 0.2) is 5.78 Å². The quantitative estimate of drug-likeness (QED) is 0.0647. The monoisotopic (exact) mass is 2080 g/mol. The van der Waals surface area contributed by atoms with Gasteiger partial charge in [-0.05, 0) is 248 Å². The van der Waals surface area contributed by atoms with Crippen molar-refractivity contribution in [3.63, 3.8) is 0 Å². The zero-order valence-electron chi connectivity index (χ0n) is 79.4. The van der Waals surface area contributed by atoms with Crippen LogP contribution in [-0.2, 0) is 4.74 Å². The van der Waals surface area contributed by atoms with Gasteiger partial charge in [-0.25, -0.2) is 39.1 Å². The molecule has 148 heavy (non-hydrogen) atoms. The molecule has 6 aliphatic rings. The van der Waals surface area contributed by atoms with E-state index in [1.165, 1.54) is 36.1 Å². The molecule has 6 aliphatic heterocycles.